The van der Waals surface area contributed by atoms with Crippen molar-refractivity contribution in [3.05, 3.63) is 328 Å². The van der Waals surface area contributed by atoms with Crippen molar-refractivity contribution in [2.75, 3.05) is 4.90 Å². The van der Waals surface area contributed by atoms with Gasteiger partial charge < -0.3 is 4.90 Å². The van der Waals surface area contributed by atoms with Crippen molar-refractivity contribution in [1.82, 2.24) is 0 Å². The monoisotopic (exact) mass is 1420 g/mol. The van der Waals surface area contributed by atoms with Gasteiger partial charge in [0.15, 0.2) is 0 Å². The average Bonchev–Trinajstić information content (AvgIpc) is 1.59. The Bertz CT molecular complexity index is 5280. The van der Waals surface area contributed by atoms with Gasteiger partial charge in [-0.3, -0.25) is 0 Å². The molecule has 0 amide bonds. The van der Waals surface area contributed by atoms with Crippen LogP contribution < -0.4 is 4.90 Å². The van der Waals surface area contributed by atoms with Crippen molar-refractivity contribution in [3.63, 3.8) is 0 Å². The zero-order valence-corrected chi connectivity index (χ0v) is 66.3. The topological polar surface area (TPSA) is 3.24 Å². The van der Waals surface area contributed by atoms with Crippen LogP contribution in [0.25, 0.3) is 88.3 Å². The molecule has 109 heavy (non-hydrogen) atoms. The summed E-state index contributed by atoms with van der Waals surface area (Å²) in [4.78, 5) is 2.76. The van der Waals surface area contributed by atoms with Crippen molar-refractivity contribution in [1.29, 1.82) is 0 Å². The summed E-state index contributed by atoms with van der Waals surface area (Å²) in [5, 5.41) is 5.16. The zero-order valence-electron chi connectivity index (χ0n) is 66.3. The van der Waals surface area contributed by atoms with Crippen LogP contribution in [0.15, 0.2) is 261 Å². The molecule has 13 aromatic carbocycles. The molecule has 4 aliphatic carbocycles. The third kappa shape index (κ3) is 11.9. The number of aryl methyl sites for hydroxylation is 2. The molecule has 1 nitrogen and oxygen atoms in total. The van der Waals surface area contributed by atoms with E-state index < -0.39 is 5.41 Å². The van der Waals surface area contributed by atoms with E-state index in [1.807, 2.05) is 0 Å². The molecule has 17 rings (SSSR count). The van der Waals surface area contributed by atoms with Gasteiger partial charge in [0, 0.05) is 33.3 Å². The number of rotatable bonds is 29. The minimum Gasteiger partial charge on any atom is -0.310 e. The van der Waals surface area contributed by atoms with E-state index in [9.17, 15) is 0 Å². The van der Waals surface area contributed by atoms with Crippen LogP contribution in [-0.2, 0) is 21.7 Å². The summed E-state index contributed by atoms with van der Waals surface area (Å²) in [5.41, 5.74) is 36.5. The number of hydrogen-bond acceptors (Lipinski definition) is 1. The van der Waals surface area contributed by atoms with Crippen LogP contribution in [0.3, 0.4) is 0 Å². The number of fused-ring (bicyclic) bond motifs is 14. The van der Waals surface area contributed by atoms with E-state index in [1.54, 1.807) is 11.1 Å². The van der Waals surface area contributed by atoms with E-state index in [0.29, 0.717) is 0 Å². The van der Waals surface area contributed by atoms with Crippen LogP contribution in [0.2, 0.25) is 0 Å². The predicted molar refractivity (Wildman–Crippen MR) is 468 cm³/mol. The van der Waals surface area contributed by atoms with Gasteiger partial charge in [0.25, 0.3) is 0 Å². The molecule has 548 valence electrons. The zero-order chi connectivity index (χ0) is 74.4. The van der Waals surface area contributed by atoms with Crippen molar-refractivity contribution < 1.29 is 0 Å². The molecule has 0 N–H and O–H groups in total. The van der Waals surface area contributed by atoms with Crippen LogP contribution in [0.4, 0.5) is 17.1 Å². The molecule has 0 heterocycles. The van der Waals surface area contributed by atoms with Crippen LogP contribution >= 0.6 is 0 Å². The minimum absolute atomic E-state index is 0.0649. The van der Waals surface area contributed by atoms with Crippen LogP contribution in [0.1, 0.15) is 250 Å². The van der Waals surface area contributed by atoms with Gasteiger partial charge in [0.1, 0.15) is 0 Å². The Kier molecular flexibility index (Phi) is 20.0. The highest BCUT2D eigenvalue weighted by molar-refractivity contribution is 6.22. The predicted octanol–water partition coefficient (Wildman–Crippen LogP) is 31.3. The fourth-order valence-electron chi connectivity index (χ4n) is 21.7. The molecule has 1 heteroatoms. The maximum atomic E-state index is 2.76. The van der Waals surface area contributed by atoms with Crippen molar-refractivity contribution in [3.8, 4) is 66.8 Å². The summed E-state index contributed by atoms with van der Waals surface area (Å²) in [6, 6.07) is 104. The molecular formula is C108H111N. The molecule has 0 fully saturated rings. The quantitative estimate of drug-likeness (QED) is 0.0334. The number of hydrogen-bond donors (Lipinski definition) is 0. The lowest BCUT2D eigenvalue weighted by Crippen LogP contribution is -2.28. The fraction of sp³-hybridized carbons (Fsp3) is 0.315. The molecule has 0 radical (unpaired) electrons. The Morgan fingerprint density at radius 2 is 0.523 bits per heavy atom. The standard InChI is InChI=1S/C108H111N/c1-9-15-21-35-65-107(66-36-22-16-10-2)98-69-76(103-91-42-29-31-44-93(91)104(94-45-32-30-43-92(94)103)77-50-57-90-83-41-33-34-46-95(83)108(102(90)70-77,78-37-25-23-26-38-78)79-39-27-24-28-40-79)49-56-86(98)89-60-53-82(73-101(89)107)109(80-51-58-87-84-54-47-74(7)67-96(84)105(61-17-11-3,62-18-12-4)99(87)71-80)81-52-59-88-85-55-48-75(8)68-97(85)106(63-19-13-5,64-20-14-6)100(88)72-81/h23-34,37-60,67-73H,9-22,35-36,61-66H2,1-8H3. The van der Waals surface area contributed by atoms with E-state index in [4.69, 9.17) is 0 Å². The first-order valence-corrected chi connectivity index (χ1v) is 42.5. The summed E-state index contributed by atoms with van der Waals surface area (Å²) in [6.07, 6.45) is 26.2. The Balaban J connectivity index is 0.868. The number of benzene rings is 13. The van der Waals surface area contributed by atoms with Gasteiger partial charge in [-0.2, -0.15) is 0 Å². The Morgan fingerprint density at radius 1 is 0.229 bits per heavy atom. The molecule has 0 saturated heterocycles. The van der Waals surface area contributed by atoms with Gasteiger partial charge in [-0.05, 0) is 245 Å². The van der Waals surface area contributed by atoms with Gasteiger partial charge >= 0.3 is 0 Å². The molecular weight excluding hydrogens is 1310 g/mol. The van der Waals surface area contributed by atoms with Crippen LogP contribution in [0.5, 0.6) is 0 Å². The van der Waals surface area contributed by atoms with Crippen LogP contribution in [-0.4, -0.2) is 0 Å². The third-order valence-corrected chi connectivity index (χ3v) is 26.8. The smallest absolute Gasteiger partial charge is 0.0713 e. The maximum Gasteiger partial charge on any atom is 0.0713 e. The summed E-state index contributed by atoms with van der Waals surface area (Å²) < 4.78 is 0. The lowest BCUT2D eigenvalue weighted by molar-refractivity contribution is 0.401. The largest absolute Gasteiger partial charge is 0.310 e. The number of anilines is 3. The lowest BCUT2D eigenvalue weighted by atomic mass is 9.67. The first kappa shape index (κ1) is 72.1. The summed E-state index contributed by atoms with van der Waals surface area (Å²) in [5.74, 6) is 0. The molecule has 0 aliphatic heterocycles. The summed E-state index contributed by atoms with van der Waals surface area (Å²) >= 11 is 0. The molecule has 0 atom stereocenters. The molecule has 4 aliphatic rings. The Morgan fingerprint density at radius 3 is 0.908 bits per heavy atom. The Hall–Kier alpha value is -9.82. The number of unbranched alkanes of at least 4 members (excludes halogenated alkanes) is 10. The molecule has 0 spiro atoms. The first-order valence-electron chi connectivity index (χ1n) is 42.5. The van der Waals surface area contributed by atoms with Crippen molar-refractivity contribution in [2.45, 2.75) is 218 Å². The summed E-state index contributed by atoms with van der Waals surface area (Å²) in [6.45, 7) is 19.0. The van der Waals surface area contributed by atoms with Gasteiger partial charge in [0.05, 0.1) is 5.41 Å². The van der Waals surface area contributed by atoms with E-state index in [2.05, 4.69) is 321 Å². The molecule has 0 saturated carbocycles. The van der Waals surface area contributed by atoms with E-state index >= 15 is 0 Å². The molecule has 13 aromatic rings. The van der Waals surface area contributed by atoms with Gasteiger partial charge in [-0.15, -0.1) is 0 Å². The highest BCUT2D eigenvalue weighted by atomic mass is 15.1. The van der Waals surface area contributed by atoms with E-state index in [1.165, 1.54) is 264 Å². The van der Waals surface area contributed by atoms with Crippen molar-refractivity contribution in [2.24, 2.45) is 0 Å². The first-order chi connectivity index (χ1) is 53.6. The van der Waals surface area contributed by atoms with Gasteiger partial charge in [-0.1, -0.05) is 368 Å². The average molecular weight is 1420 g/mol. The fourth-order valence-corrected chi connectivity index (χ4v) is 21.7. The SMILES string of the molecule is CCCCCCC1(CCCCCC)c2cc(-c3c4ccccc4c(-c4ccc5c(c4)C(c4ccccc4)(c4ccccc4)c4ccccc4-5)c4ccccc34)ccc2-c2ccc(N(c3ccc4c(c3)C(CCCC)(CCCC)c3cc(C)ccc3-4)c3ccc4c(c3)C(CCCC)(CCCC)c3cc(C)ccc3-4)cc21. The summed E-state index contributed by atoms with van der Waals surface area (Å²) in [7, 11) is 0. The van der Waals surface area contributed by atoms with E-state index in [0.717, 1.165) is 38.5 Å². The second kappa shape index (κ2) is 30.2. The van der Waals surface area contributed by atoms with Gasteiger partial charge in [0.2, 0.25) is 0 Å². The molecule has 0 bridgehead atoms. The highest BCUT2D eigenvalue weighted by Gasteiger charge is 2.49. The lowest BCUT2D eigenvalue weighted by Gasteiger charge is -2.36. The Labute approximate surface area is 652 Å². The van der Waals surface area contributed by atoms with Crippen molar-refractivity contribution >= 4 is 38.6 Å². The number of nitrogens with zero attached hydrogens (tertiary/aromatic N) is 1. The minimum atomic E-state index is -0.511. The molecule has 0 unspecified atom stereocenters. The van der Waals surface area contributed by atoms with E-state index in [-0.39, 0.29) is 16.2 Å². The molecule has 0 aromatic heterocycles. The highest BCUT2D eigenvalue weighted by Crippen LogP contribution is 2.63. The third-order valence-electron chi connectivity index (χ3n) is 26.8. The second-order valence-corrected chi connectivity index (χ2v) is 33.3. The maximum absolute atomic E-state index is 2.76. The van der Waals surface area contributed by atoms with Gasteiger partial charge in [-0.25, -0.2) is 0 Å². The normalized spacial score (nSPS) is 14.6. The second-order valence-electron chi connectivity index (χ2n) is 33.3. The van der Waals surface area contributed by atoms with Crippen LogP contribution in [0, 0.1) is 13.8 Å².